The monoisotopic (exact) mass is 347 g/mol. The molecule has 0 saturated carbocycles. The second-order valence-corrected chi connectivity index (χ2v) is 7.07. The standard InChI is InChI=1S/C14H21N3O3S.ClH/c1-11(15)8-9-16-21(19,20)13-6-4-12(5-7-13)17-10-2-3-14(17)18;/h4-7,11,16H,2-3,8-10,15H2,1H3;1H. The number of hydrogen-bond donors (Lipinski definition) is 2. The molecular formula is C14H22ClN3O3S. The Morgan fingerprint density at radius 2 is 1.95 bits per heavy atom. The summed E-state index contributed by atoms with van der Waals surface area (Å²) in [5.74, 6) is 0.0839. The molecule has 1 aliphatic heterocycles. The van der Waals surface area contributed by atoms with Crippen LogP contribution in [0.25, 0.3) is 0 Å². The number of nitrogens with two attached hydrogens (primary N) is 1. The van der Waals surface area contributed by atoms with Crippen LogP contribution in [-0.4, -0.2) is 33.5 Å². The van der Waals surface area contributed by atoms with Crippen LogP contribution < -0.4 is 15.4 Å². The minimum absolute atomic E-state index is 0. The second-order valence-electron chi connectivity index (χ2n) is 5.31. The highest BCUT2D eigenvalue weighted by molar-refractivity contribution is 7.89. The lowest BCUT2D eigenvalue weighted by molar-refractivity contribution is -0.117. The van der Waals surface area contributed by atoms with E-state index in [0.29, 0.717) is 25.9 Å². The van der Waals surface area contributed by atoms with Gasteiger partial charge in [0.15, 0.2) is 0 Å². The van der Waals surface area contributed by atoms with Crippen LogP contribution in [0.2, 0.25) is 0 Å². The van der Waals surface area contributed by atoms with Gasteiger partial charge in [-0.2, -0.15) is 0 Å². The summed E-state index contributed by atoms with van der Waals surface area (Å²) >= 11 is 0. The smallest absolute Gasteiger partial charge is 0.240 e. The molecule has 1 saturated heterocycles. The number of rotatable bonds is 6. The van der Waals surface area contributed by atoms with Crippen LogP contribution >= 0.6 is 12.4 Å². The number of nitrogens with one attached hydrogen (secondary N) is 1. The first kappa shape index (κ1) is 18.9. The molecule has 0 bridgehead atoms. The van der Waals surface area contributed by atoms with E-state index in [2.05, 4.69) is 4.72 Å². The lowest BCUT2D eigenvalue weighted by atomic mass is 10.3. The highest BCUT2D eigenvalue weighted by atomic mass is 35.5. The van der Waals surface area contributed by atoms with Crippen molar-refractivity contribution in [1.82, 2.24) is 4.72 Å². The molecule has 1 aromatic rings. The van der Waals surface area contributed by atoms with Crippen LogP contribution in [0.4, 0.5) is 5.69 Å². The van der Waals surface area contributed by atoms with Crippen LogP contribution in [0.5, 0.6) is 0 Å². The van der Waals surface area contributed by atoms with Crippen LogP contribution in [0.15, 0.2) is 29.2 Å². The second kappa shape index (κ2) is 7.92. The van der Waals surface area contributed by atoms with Crippen molar-refractivity contribution in [3.05, 3.63) is 24.3 Å². The minimum Gasteiger partial charge on any atom is -0.328 e. The van der Waals surface area contributed by atoms with Gasteiger partial charge in [0.1, 0.15) is 0 Å². The maximum atomic E-state index is 12.1. The molecule has 1 aliphatic rings. The summed E-state index contributed by atoms with van der Waals surface area (Å²) < 4.78 is 26.7. The van der Waals surface area contributed by atoms with Crippen molar-refractivity contribution >= 4 is 34.0 Å². The van der Waals surface area contributed by atoms with Gasteiger partial charge in [0, 0.05) is 31.2 Å². The Morgan fingerprint density at radius 1 is 1.32 bits per heavy atom. The third kappa shape index (κ3) is 4.67. The number of amides is 1. The first-order valence-corrected chi connectivity index (χ1v) is 8.54. The van der Waals surface area contributed by atoms with E-state index in [1.54, 1.807) is 17.0 Å². The molecule has 0 spiro atoms. The quantitative estimate of drug-likeness (QED) is 0.810. The summed E-state index contributed by atoms with van der Waals surface area (Å²) in [4.78, 5) is 13.5. The number of nitrogens with zero attached hydrogens (tertiary/aromatic N) is 1. The molecule has 0 aliphatic carbocycles. The summed E-state index contributed by atoms with van der Waals surface area (Å²) in [6.07, 6.45) is 1.98. The Labute approximate surface area is 137 Å². The average molecular weight is 348 g/mol. The number of anilines is 1. The Bertz CT molecular complexity index is 602. The van der Waals surface area contributed by atoms with Crippen LogP contribution in [0.3, 0.4) is 0 Å². The third-order valence-electron chi connectivity index (χ3n) is 3.42. The summed E-state index contributed by atoms with van der Waals surface area (Å²) in [6, 6.07) is 6.34. The minimum atomic E-state index is -3.52. The zero-order valence-corrected chi connectivity index (χ0v) is 14.1. The van der Waals surface area contributed by atoms with Crippen molar-refractivity contribution in [2.75, 3.05) is 18.0 Å². The van der Waals surface area contributed by atoms with Gasteiger partial charge in [-0.25, -0.2) is 13.1 Å². The molecule has 1 aromatic carbocycles. The fraction of sp³-hybridized carbons (Fsp3) is 0.500. The molecule has 1 atom stereocenters. The molecule has 8 heteroatoms. The van der Waals surface area contributed by atoms with E-state index in [1.165, 1.54) is 12.1 Å². The lowest BCUT2D eigenvalue weighted by Gasteiger charge is -2.16. The summed E-state index contributed by atoms with van der Waals surface area (Å²) in [5, 5.41) is 0. The third-order valence-corrected chi connectivity index (χ3v) is 4.90. The first-order chi connectivity index (χ1) is 9.90. The van der Waals surface area contributed by atoms with Gasteiger partial charge in [-0.05, 0) is 44.0 Å². The van der Waals surface area contributed by atoms with Crippen molar-refractivity contribution in [1.29, 1.82) is 0 Å². The molecule has 6 nitrogen and oxygen atoms in total. The van der Waals surface area contributed by atoms with Crippen LogP contribution in [0, 0.1) is 0 Å². The Kier molecular flexibility index (Phi) is 6.80. The maximum absolute atomic E-state index is 12.1. The predicted octanol–water partition coefficient (Wildman–Crippen LogP) is 1.25. The zero-order valence-electron chi connectivity index (χ0n) is 12.5. The van der Waals surface area contributed by atoms with Gasteiger partial charge in [0.2, 0.25) is 15.9 Å². The van der Waals surface area contributed by atoms with Gasteiger partial charge in [-0.3, -0.25) is 4.79 Å². The van der Waals surface area contributed by atoms with E-state index in [0.717, 1.165) is 12.1 Å². The van der Waals surface area contributed by atoms with E-state index in [1.807, 2.05) is 6.92 Å². The number of carbonyl (C=O) groups is 1. The molecule has 22 heavy (non-hydrogen) atoms. The van der Waals surface area contributed by atoms with Crippen molar-refractivity contribution in [3.8, 4) is 0 Å². The van der Waals surface area contributed by atoms with E-state index in [9.17, 15) is 13.2 Å². The number of hydrogen-bond acceptors (Lipinski definition) is 4. The van der Waals surface area contributed by atoms with Gasteiger partial charge in [0.05, 0.1) is 4.90 Å². The molecule has 0 radical (unpaired) electrons. The fourth-order valence-electron chi connectivity index (χ4n) is 2.23. The van der Waals surface area contributed by atoms with E-state index in [-0.39, 0.29) is 29.3 Å². The zero-order chi connectivity index (χ0) is 15.5. The SMILES string of the molecule is CC(N)CCNS(=O)(=O)c1ccc(N2CCCC2=O)cc1.Cl. The van der Waals surface area contributed by atoms with Gasteiger partial charge >= 0.3 is 0 Å². The molecule has 1 amide bonds. The van der Waals surface area contributed by atoms with E-state index >= 15 is 0 Å². The van der Waals surface area contributed by atoms with Crippen LogP contribution in [0.1, 0.15) is 26.2 Å². The number of halogens is 1. The summed E-state index contributed by atoms with van der Waals surface area (Å²) in [5.41, 5.74) is 6.33. The van der Waals surface area contributed by atoms with Gasteiger partial charge in [-0.15, -0.1) is 12.4 Å². The fourth-order valence-corrected chi connectivity index (χ4v) is 3.28. The molecule has 124 valence electrons. The Balaban J connectivity index is 0.00000242. The average Bonchev–Trinajstić information content (AvgIpc) is 2.84. The molecule has 3 N–H and O–H groups in total. The first-order valence-electron chi connectivity index (χ1n) is 7.06. The topological polar surface area (TPSA) is 92.5 Å². The predicted molar refractivity (Wildman–Crippen MR) is 88.7 cm³/mol. The molecule has 1 unspecified atom stereocenters. The van der Waals surface area contributed by atoms with Gasteiger partial charge < -0.3 is 10.6 Å². The lowest BCUT2D eigenvalue weighted by Crippen LogP contribution is -2.29. The van der Waals surface area contributed by atoms with Crippen molar-refractivity contribution in [2.24, 2.45) is 5.73 Å². The Morgan fingerprint density at radius 3 is 2.45 bits per heavy atom. The Hall–Kier alpha value is -1.15. The van der Waals surface area contributed by atoms with Crippen LogP contribution in [-0.2, 0) is 14.8 Å². The molecular weight excluding hydrogens is 326 g/mol. The number of carbonyl (C=O) groups excluding carboxylic acids is 1. The number of sulfonamides is 1. The van der Waals surface area contributed by atoms with Gasteiger partial charge in [0.25, 0.3) is 0 Å². The summed E-state index contributed by atoms with van der Waals surface area (Å²) in [7, 11) is -3.52. The highest BCUT2D eigenvalue weighted by Crippen LogP contribution is 2.22. The highest BCUT2D eigenvalue weighted by Gasteiger charge is 2.22. The van der Waals surface area contributed by atoms with Crippen molar-refractivity contribution < 1.29 is 13.2 Å². The molecule has 1 fully saturated rings. The molecule has 2 rings (SSSR count). The van der Waals surface area contributed by atoms with E-state index < -0.39 is 10.0 Å². The summed E-state index contributed by atoms with van der Waals surface area (Å²) in [6.45, 7) is 2.83. The molecule has 0 aromatic heterocycles. The molecule has 1 heterocycles. The van der Waals surface area contributed by atoms with Gasteiger partial charge in [-0.1, -0.05) is 0 Å². The van der Waals surface area contributed by atoms with E-state index in [4.69, 9.17) is 5.73 Å². The number of benzene rings is 1. The van der Waals surface area contributed by atoms with Crippen molar-refractivity contribution in [3.63, 3.8) is 0 Å². The maximum Gasteiger partial charge on any atom is 0.240 e. The van der Waals surface area contributed by atoms with Crippen molar-refractivity contribution in [2.45, 2.75) is 37.1 Å². The largest absolute Gasteiger partial charge is 0.328 e. The normalized spacial score (nSPS) is 16.5.